The van der Waals surface area contributed by atoms with Gasteiger partial charge in [0, 0.05) is 12.6 Å². The Hall–Kier alpha value is -1.81. The molecule has 0 saturated heterocycles. The summed E-state index contributed by atoms with van der Waals surface area (Å²) in [5.74, 6) is 0.320. The highest BCUT2D eigenvalue weighted by Gasteiger charge is 2.31. The average molecular weight is 419 g/mol. The SMILES string of the molecule is CC(C)S(=O)(=O)NC1CCC(CNc2nc3ccc(C(F)(F)F)cc3o2)CC1. The summed E-state index contributed by atoms with van der Waals surface area (Å²) >= 11 is 0. The van der Waals surface area contributed by atoms with Crippen LogP contribution in [0.1, 0.15) is 45.1 Å². The molecule has 3 rings (SSSR count). The molecule has 0 spiro atoms. The van der Waals surface area contributed by atoms with Gasteiger partial charge in [0.25, 0.3) is 6.01 Å². The highest BCUT2D eigenvalue weighted by molar-refractivity contribution is 7.90. The minimum atomic E-state index is -4.43. The first-order valence-electron chi connectivity index (χ1n) is 9.27. The van der Waals surface area contributed by atoms with Crippen LogP contribution < -0.4 is 10.0 Å². The monoisotopic (exact) mass is 419 g/mol. The van der Waals surface area contributed by atoms with Crippen LogP contribution in [0.15, 0.2) is 22.6 Å². The zero-order valence-corrected chi connectivity index (χ0v) is 16.5. The molecule has 28 heavy (non-hydrogen) atoms. The molecular weight excluding hydrogens is 395 g/mol. The Morgan fingerprint density at radius 1 is 1.21 bits per heavy atom. The molecule has 0 radical (unpaired) electrons. The van der Waals surface area contributed by atoms with Gasteiger partial charge < -0.3 is 9.73 Å². The number of fused-ring (bicyclic) bond motifs is 1. The summed E-state index contributed by atoms with van der Waals surface area (Å²) in [7, 11) is -3.27. The number of halogens is 3. The molecule has 1 aromatic carbocycles. The predicted molar refractivity (Wildman–Crippen MR) is 100 cm³/mol. The van der Waals surface area contributed by atoms with Crippen LogP contribution in [0.3, 0.4) is 0 Å². The van der Waals surface area contributed by atoms with Gasteiger partial charge in [-0.25, -0.2) is 13.1 Å². The van der Waals surface area contributed by atoms with Crippen molar-refractivity contribution in [3.05, 3.63) is 23.8 Å². The highest BCUT2D eigenvalue weighted by atomic mass is 32.2. The molecule has 0 unspecified atom stereocenters. The van der Waals surface area contributed by atoms with Gasteiger partial charge >= 0.3 is 6.18 Å². The van der Waals surface area contributed by atoms with Crippen LogP contribution in [-0.2, 0) is 16.2 Å². The van der Waals surface area contributed by atoms with Crippen LogP contribution >= 0.6 is 0 Å². The van der Waals surface area contributed by atoms with Crippen molar-refractivity contribution in [3.63, 3.8) is 0 Å². The standard InChI is InChI=1S/C18H24F3N3O3S/c1-11(2)28(25,26)24-14-6-3-12(4-7-14)10-22-17-23-15-8-5-13(18(19,20)21)9-16(15)27-17/h5,8-9,11-12,14,24H,3-4,6-7,10H2,1-2H3,(H,22,23). The van der Waals surface area contributed by atoms with E-state index in [4.69, 9.17) is 4.42 Å². The first kappa shape index (κ1) is 20.9. The Morgan fingerprint density at radius 2 is 1.89 bits per heavy atom. The molecule has 1 aromatic heterocycles. The number of benzene rings is 1. The quantitative estimate of drug-likeness (QED) is 0.735. The summed E-state index contributed by atoms with van der Waals surface area (Å²) in [5, 5.41) is 2.59. The fourth-order valence-corrected chi connectivity index (χ4v) is 4.23. The predicted octanol–water partition coefficient (Wildman–Crippen LogP) is 4.15. The maximum absolute atomic E-state index is 12.8. The van der Waals surface area contributed by atoms with E-state index >= 15 is 0 Å². The van der Waals surface area contributed by atoms with E-state index in [-0.39, 0.29) is 17.6 Å². The Kier molecular flexibility index (Phi) is 5.90. The van der Waals surface area contributed by atoms with Gasteiger partial charge in [0.05, 0.1) is 10.8 Å². The first-order chi connectivity index (χ1) is 13.0. The number of sulfonamides is 1. The van der Waals surface area contributed by atoms with E-state index in [0.717, 1.165) is 37.8 Å². The summed E-state index contributed by atoms with van der Waals surface area (Å²) in [5.41, 5.74) is -0.323. The second-order valence-corrected chi connectivity index (χ2v) is 9.78. The van der Waals surface area contributed by atoms with Gasteiger partial charge in [0.2, 0.25) is 10.0 Å². The minimum Gasteiger partial charge on any atom is -0.424 e. The van der Waals surface area contributed by atoms with E-state index in [0.29, 0.717) is 18.0 Å². The summed E-state index contributed by atoms with van der Waals surface area (Å²) < 4.78 is 70.4. The third-order valence-electron chi connectivity index (χ3n) is 5.06. The molecular formula is C18H24F3N3O3S. The highest BCUT2D eigenvalue weighted by Crippen LogP contribution is 2.32. The van der Waals surface area contributed by atoms with Gasteiger partial charge in [-0.3, -0.25) is 0 Å². The van der Waals surface area contributed by atoms with Gasteiger partial charge in [-0.2, -0.15) is 18.2 Å². The Labute approximate surface area is 161 Å². The van der Waals surface area contributed by atoms with Crippen molar-refractivity contribution in [3.8, 4) is 0 Å². The number of rotatable bonds is 6. The van der Waals surface area contributed by atoms with E-state index in [2.05, 4.69) is 15.0 Å². The summed E-state index contributed by atoms with van der Waals surface area (Å²) in [6.45, 7) is 3.87. The summed E-state index contributed by atoms with van der Waals surface area (Å²) in [4.78, 5) is 4.17. The van der Waals surface area contributed by atoms with Crippen molar-refractivity contribution in [2.75, 3.05) is 11.9 Å². The van der Waals surface area contributed by atoms with Crippen LogP contribution in [0, 0.1) is 5.92 Å². The lowest BCUT2D eigenvalue weighted by molar-refractivity contribution is -0.137. The first-order valence-corrected chi connectivity index (χ1v) is 10.8. The zero-order chi connectivity index (χ0) is 20.5. The smallest absolute Gasteiger partial charge is 0.416 e. The number of alkyl halides is 3. The topological polar surface area (TPSA) is 84.2 Å². The number of nitrogens with zero attached hydrogens (tertiary/aromatic N) is 1. The van der Waals surface area contributed by atoms with Gasteiger partial charge in [-0.1, -0.05) is 0 Å². The van der Waals surface area contributed by atoms with Crippen molar-refractivity contribution < 1.29 is 26.0 Å². The van der Waals surface area contributed by atoms with Crippen molar-refractivity contribution in [2.45, 2.75) is 57.0 Å². The molecule has 10 heteroatoms. The molecule has 6 nitrogen and oxygen atoms in total. The van der Waals surface area contributed by atoms with E-state index in [1.165, 1.54) is 6.07 Å². The lowest BCUT2D eigenvalue weighted by atomic mass is 9.86. The van der Waals surface area contributed by atoms with Gasteiger partial charge in [-0.15, -0.1) is 0 Å². The van der Waals surface area contributed by atoms with Gasteiger partial charge in [0.1, 0.15) is 5.52 Å². The van der Waals surface area contributed by atoms with Crippen molar-refractivity contribution in [2.24, 2.45) is 5.92 Å². The third kappa shape index (κ3) is 4.96. The molecule has 0 atom stereocenters. The van der Waals surface area contributed by atoms with Crippen molar-refractivity contribution in [1.82, 2.24) is 9.71 Å². The fraction of sp³-hybridized carbons (Fsp3) is 0.611. The van der Waals surface area contributed by atoms with Crippen molar-refractivity contribution >= 4 is 27.1 Å². The molecule has 0 amide bonds. The number of anilines is 1. The number of aromatic nitrogens is 1. The van der Waals surface area contributed by atoms with Crippen LogP contribution in [0.2, 0.25) is 0 Å². The van der Waals surface area contributed by atoms with Gasteiger partial charge in [-0.05, 0) is 63.6 Å². The lowest BCUT2D eigenvalue weighted by Crippen LogP contribution is -2.41. The Bertz CT molecular complexity index is 917. The van der Waals surface area contributed by atoms with E-state index < -0.39 is 27.0 Å². The Morgan fingerprint density at radius 3 is 2.50 bits per heavy atom. The average Bonchev–Trinajstić information content (AvgIpc) is 3.02. The molecule has 1 aliphatic rings. The molecule has 156 valence electrons. The van der Waals surface area contributed by atoms with E-state index in [1.807, 2.05) is 0 Å². The van der Waals surface area contributed by atoms with Crippen LogP contribution in [-0.4, -0.2) is 31.2 Å². The third-order valence-corrected chi connectivity index (χ3v) is 6.96. The molecule has 2 N–H and O–H groups in total. The Balaban J connectivity index is 1.53. The maximum atomic E-state index is 12.8. The molecule has 1 heterocycles. The number of nitrogens with one attached hydrogen (secondary N) is 2. The summed E-state index contributed by atoms with van der Waals surface area (Å²) in [6, 6.07) is 3.36. The zero-order valence-electron chi connectivity index (χ0n) is 15.7. The number of hydrogen-bond donors (Lipinski definition) is 2. The molecule has 1 fully saturated rings. The minimum absolute atomic E-state index is 0.0474. The number of hydrogen-bond acceptors (Lipinski definition) is 5. The number of oxazole rings is 1. The second-order valence-electron chi connectivity index (χ2n) is 7.51. The maximum Gasteiger partial charge on any atom is 0.416 e. The molecule has 1 aliphatic carbocycles. The largest absolute Gasteiger partial charge is 0.424 e. The molecule has 0 aliphatic heterocycles. The molecule has 1 saturated carbocycles. The summed E-state index contributed by atoms with van der Waals surface area (Å²) in [6.07, 6.45) is -1.24. The van der Waals surface area contributed by atoms with Crippen LogP contribution in [0.5, 0.6) is 0 Å². The van der Waals surface area contributed by atoms with E-state index in [1.54, 1.807) is 13.8 Å². The second kappa shape index (κ2) is 7.90. The normalized spacial score (nSPS) is 21.4. The fourth-order valence-electron chi connectivity index (χ4n) is 3.26. The van der Waals surface area contributed by atoms with Gasteiger partial charge in [0.15, 0.2) is 5.58 Å². The lowest BCUT2D eigenvalue weighted by Gasteiger charge is -2.29. The van der Waals surface area contributed by atoms with E-state index in [9.17, 15) is 21.6 Å². The van der Waals surface area contributed by atoms with Crippen molar-refractivity contribution in [1.29, 1.82) is 0 Å². The molecule has 0 bridgehead atoms. The van der Waals surface area contributed by atoms with Crippen LogP contribution in [0.25, 0.3) is 11.1 Å². The van der Waals surface area contributed by atoms with Crippen LogP contribution in [0.4, 0.5) is 19.2 Å². The molecule has 2 aromatic rings.